The molecule has 0 radical (unpaired) electrons. The summed E-state index contributed by atoms with van der Waals surface area (Å²) in [7, 11) is -4.62. The van der Waals surface area contributed by atoms with Gasteiger partial charge in [-0.1, -0.05) is 68.9 Å². The number of nitrogens with two attached hydrogens (primary N) is 1. The summed E-state index contributed by atoms with van der Waals surface area (Å²) in [4.78, 5) is 17.7. The van der Waals surface area contributed by atoms with Crippen molar-refractivity contribution in [1.82, 2.24) is 0 Å². The molecule has 0 rings (SSSR count). The Labute approximate surface area is 170 Å². The Morgan fingerprint density at radius 2 is 1.71 bits per heavy atom. The van der Waals surface area contributed by atoms with Crippen molar-refractivity contribution in [3.63, 3.8) is 0 Å². The second-order valence-corrected chi connectivity index (χ2v) is 9.03. The monoisotopic (exact) mass is 417 g/mol. The largest absolute Gasteiger partial charge is 0.469 e. The molecule has 0 aliphatic heterocycles. The van der Waals surface area contributed by atoms with Gasteiger partial charge in [0.1, 0.15) is 0 Å². The molecule has 0 aromatic rings. The normalized spacial score (nSPS) is 15.5. The summed E-state index contributed by atoms with van der Waals surface area (Å²) in [6.45, 7) is 9.40. The maximum atomic E-state index is 10.9. The maximum Gasteiger partial charge on any atom is 0.469 e. The number of unbranched alkanes of at least 4 members (excludes halogenated alkanes) is 5. The van der Waals surface area contributed by atoms with Crippen molar-refractivity contribution in [3.05, 3.63) is 35.5 Å². The lowest BCUT2D eigenvalue weighted by molar-refractivity contribution is 0.102. The number of rotatable bonds is 16. The predicted molar refractivity (Wildman–Crippen MR) is 116 cm³/mol. The van der Waals surface area contributed by atoms with Crippen LogP contribution in [0, 0.1) is 0 Å². The molecule has 0 aliphatic carbocycles. The zero-order valence-electron chi connectivity index (χ0n) is 17.8. The first kappa shape index (κ1) is 27.2. The number of hydrogen-bond donors (Lipinski definition) is 4. The van der Waals surface area contributed by atoms with Crippen LogP contribution >= 0.6 is 7.82 Å². The number of hydrogen-bond acceptors (Lipinski definition) is 4. The highest BCUT2D eigenvalue weighted by molar-refractivity contribution is 7.46. The van der Waals surface area contributed by atoms with Crippen molar-refractivity contribution >= 4 is 7.82 Å². The minimum Gasteiger partial charge on any atom is -0.394 e. The molecule has 1 atom stereocenters. The minimum absolute atomic E-state index is 0.326. The van der Waals surface area contributed by atoms with E-state index in [1.165, 1.54) is 44.1 Å². The van der Waals surface area contributed by atoms with Gasteiger partial charge in [0.15, 0.2) is 0 Å². The highest BCUT2D eigenvalue weighted by Gasteiger charge is 2.28. The summed E-state index contributed by atoms with van der Waals surface area (Å²) < 4.78 is 15.4. The van der Waals surface area contributed by atoms with Gasteiger partial charge in [0.2, 0.25) is 0 Å². The number of phosphoric acid groups is 1. The van der Waals surface area contributed by atoms with Crippen molar-refractivity contribution in [2.75, 3.05) is 13.2 Å². The fraction of sp³-hybridized carbons (Fsp3) is 0.714. The molecule has 0 aromatic heterocycles. The lowest BCUT2D eigenvalue weighted by Gasteiger charge is -2.27. The number of allylic oxidation sites excluding steroid dienone is 5. The first-order valence-electron chi connectivity index (χ1n) is 10.1. The van der Waals surface area contributed by atoms with Crippen LogP contribution in [0.5, 0.6) is 0 Å². The molecule has 0 fully saturated rings. The van der Waals surface area contributed by atoms with E-state index in [1.54, 1.807) is 0 Å². The van der Waals surface area contributed by atoms with Crippen molar-refractivity contribution in [2.45, 2.75) is 84.1 Å². The predicted octanol–water partition coefficient (Wildman–Crippen LogP) is 4.77. The van der Waals surface area contributed by atoms with E-state index < -0.39 is 26.6 Å². The summed E-state index contributed by atoms with van der Waals surface area (Å²) in [6.07, 6.45) is 13.7. The zero-order chi connectivity index (χ0) is 21.6. The van der Waals surface area contributed by atoms with Crippen LogP contribution in [0.25, 0.3) is 0 Å². The molecule has 0 heterocycles. The molecular weight excluding hydrogens is 377 g/mol. The Morgan fingerprint density at radius 1 is 1.11 bits per heavy atom. The van der Waals surface area contributed by atoms with Crippen LogP contribution in [0.2, 0.25) is 0 Å². The molecule has 5 N–H and O–H groups in total. The van der Waals surface area contributed by atoms with Gasteiger partial charge in [-0.05, 0) is 45.1 Å². The minimum atomic E-state index is -4.62. The average molecular weight is 418 g/mol. The Kier molecular flexibility index (Phi) is 13.9. The van der Waals surface area contributed by atoms with Gasteiger partial charge in [0.25, 0.3) is 0 Å². The summed E-state index contributed by atoms with van der Waals surface area (Å²) in [5, 5.41) is 9.51. The molecule has 0 amide bonds. The van der Waals surface area contributed by atoms with Gasteiger partial charge in [0.05, 0.1) is 18.8 Å². The smallest absolute Gasteiger partial charge is 0.394 e. The van der Waals surface area contributed by atoms with Gasteiger partial charge >= 0.3 is 7.82 Å². The van der Waals surface area contributed by atoms with E-state index in [2.05, 4.69) is 31.0 Å². The highest BCUT2D eigenvalue weighted by atomic mass is 31.2. The van der Waals surface area contributed by atoms with E-state index >= 15 is 0 Å². The molecule has 0 spiro atoms. The van der Waals surface area contributed by atoms with Crippen LogP contribution in [-0.2, 0) is 9.09 Å². The lowest BCUT2D eigenvalue weighted by atomic mass is 9.91. The first-order chi connectivity index (χ1) is 13.0. The van der Waals surface area contributed by atoms with E-state index in [-0.39, 0.29) is 0 Å². The van der Waals surface area contributed by atoms with Gasteiger partial charge in [-0.25, -0.2) is 4.57 Å². The lowest BCUT2D eigenvalue weighted by Crippen LogP contribution is -2.47. The van der Waals surface area contributed by atoms with Gasteiger partial charge in [-0.3, -0.25) is 4.52 Å². The molecule has 0 saturated heterocycles. The summed E-state index contributed by atoms with van der Waals surface area (Å²) in [5.41, 5.74) is 8.03. The molecule has 28 heavy (non-hydrogen) atoms. The van der Waals surface area contributed by atoms with Crippen LogP contribution in [0.15, 0.2) is 35.5 Å². The van der Waals surface area contributed by atoms with Crippen LogP contribution < -0.4 is 5.73 Å². The molecule has 0 saturated carbocycles. The third kappa shape index (κ3) is 14.3. The van der Waals surface area contributed by atoms with Crippen molar-refractivity contribution in [3.8, 4) is 0 Å². The molecule has 0 aliphatic rings. The average Bonchev–Trinajstić information content (AvgIpc) is 2.62. The van der Waals surface area contributed by atoms with E-state index in [4.69, 9.17) is 15.5 Å². The molecule has 0 bridgehead atoms. The third-order valence-electron chi connectivity index (χ3n) is 4.77. The first-order valence-corrected chi connectivity index (χ1v) is 11.7. The third-order valence-corrected chi connectivity index (χ3v) is 5.23. The summed E-state index contributed by atoms with van der Waals surface area (Å²) >= 11 is 0. The van der Waals surface area contributed by atoms with E-state index in [0.29, 0.717) is 12.8 Å². The zero-order valence-corrected chi connectivity index (χ0v) is 18.7. The topological polar surface area (TPSA) is 113 Å². The Balaban J connectivity index is 4.66. The number of phosphoric ester groups is 1. The molecule has 7 heteroatoms. The van der Waals surface area contributed by atoms with Gasteiger partial charge in [-0.15, -0.1) is 0 Å². The summed E-state index contributed by atoms with van der Waals surface area (Å²) in [5.74, 6) is 0. The van der Waals surface area contributed by atoms with E-state index in [0.717, 1.165) is 17.6 Å². The second kappa shape index (κ2) is 14.3. The molecular formula is C21H40NO5P. The Bertz CT molecular complexity index is 567. The molecule has 0 aromatic carbocycles. The van der Waals surface area contributed by atoms with E-state index in [1.807, 2.05) is 13.0 Å². The van der Waals surface area contributed by atoms with Gasteiger partial charge in [0, 0.05) is 0 Å². The fourth-order valence-corrected chi connectivity index (χ4v) is 3.17. The SMILES string of the molecule is C=C(C)C(=CC=C(C)CCCCCCCC)CCC(N)(CO)COP(=O)(O)O. The van der Waals surface area contributed by atoms with Crippen molar-refractivity contribution < 1.29 is 24.0 Å². The highest BCUT2D eigenvalue weighted by Crippen LogP contribution is 2.37. The molecule has 1 unspecified atom stereocenters. The molecule has 6 nitrogen and oxygen atoms in total. The van der Waals surface area contributed by atoms with Gasteiger partial charge < -0.3 is 20.6 Å². The second-order valence-electron chi connectivity index (χ2n) is 7.79. The van der Waals surface area contributed by atoms with Crippen LogP contribution in [0.1, 0.15) is 78.6 Å². The van der Waals surface area contributed by atoms with Gasteiger partial charge in [-0.2, -0.15) is 0 Å². The standard InChI is InChI=1S/C21H40NO5P/c1-5-6-7-8-9-10-11-19(4)12-13-20(18(2)3)14-15-21(22,16-23)17-27-28(24,25)26/h12-13,23H,2,5-11,14-17,22H2,1,3-4H3,(H2,24,25,26). The van der Waals surface area contributed by atoms with Crippen LogP contribution in [0.4, 0.5) is 0 Å². The number of aliphatic hydroxyl groups excluding tert-OH is 1. The quantitative estimate of drug-likeness (QED) is 0.163. The van der Waals surface area contributed by atoms with E-state index in [9.17, 15) is 9.67 Å². The number of aliphatic hydroxyl groups is 1. The van der Waals surface area contributed by atoms with Crippen molar-refractivity contribution in [1.29, 1.82) is 0 Å². The van der Waals surface area contributed by atoms with Crippen LogP contribution in [-0.4, -0.2) is 33.6 Å². The Hall–Kier alpha value is -0.750. The van der Waals surface area contributed by atoms with Crippen LogP contribution in [0.3, 0.4) is 0 Å². The Morgan fingerprint density at radius 3 is 2.25 bits per heavy atom. The van der Waals surface area contributed by atoms with Crippen molar-refractivity contribution in [2.24, 2.45) is 5.73 Å². The maximum absolute atomic E-state index is 10.9. The summed E-state index contributed by atoms with van der Waals surface area (Å²) in [6, 6.07) is 0. The molecule has 164 valence electrons. The fourth-order valence-electron chi connectivity index (χ4n) is 2.74.